The van der Waals surface area contributed by atoms with Crippen LogP contribution in [0.1, 0.15) is 37.5 Å². The Morgan fingerprint density at radius 3 is 2.19 bits per heavy atom. The Bertz CT molecular complexity index is 1310. The predicted molar refractivity (Wildman–Crippen MR) is 125 cm³/mol. The molecule has 0 atom stereocenters. The SMILES string of the molecule is Cc1cccc(-c2cccc(C(=O)NNC(=O)c3cc(-c4ccc(C)c(C)c4)n[nH]3)c2)c1. The molecule has 0 bridgehead atoms. The molecule has 0 saturated heterocycles. The van der Waals surface area contributed by atoms with Crippen LogP contribution >= 0.6 is 0 Å². The Balaban J connectivity index is 1.42. The molecule has 0 unspecified atom stereocenters. The molecule has 0 saturated carbocycles. The molecular formula is C26H24N4O2. The summed E-state index contributed by atoms with van der Waals surface area (Å²) in [4.78, 5) is 25.1. The summed E-state index contributed by atoms with van der Waals surface area (Å²) in [5.74, 6) is -0.877. The zero-order valence-corrected chi connectivity index (χ0v) is 18.2. The van der Waals surface area contributed by atoms with Gasteiger partial charge in [0, 0.05) is 11.1 Å². The molecule has 3 aromatic carbocycles. The first-order chi connectivity index (χ1) is 15.4. The van der Waals surface area contributed by atoms with E-state index in [4.69, 9.17) is 0 Å². The summed E-state index contributed by atoms with van der Waals surface area (Å²) in [5.41, 5.74) is 12.6. The number of hydrogen-bond donors (Lipinski definition) is 3. The van der Waals surface area contributed by atoms with Crippen molar-refractivity contribution in [1.82, 2.24) is 21.0 Å². The monoisotopic (exact) mass is 424 g/mol. The van der Waals surface area contributed by atoms with Gasteiger partial charge >= 0.3 is 0 Å². The molecule has 3 N–H and O–H groups in total. The zero-order chi connectivity index (χ0) is 22.7. The van der Waals surface area contributed by atoms with Crippen LogP contribution in [0, 0.1) is 20.8 Å². The van der Waals surface area contributed by atoms with Gasteiger partial charge in [-0.25, -0.2) is 0 Å². The van der Waals surface area contributed by atoms with Crippen molar-refractivity contribution in [1.29, 1.82) is 0 Å². The molecule has 4 rings (SSSR count). The molecule has 0 aliphatic rings. The number of H-pyrrole nitrogens is 1. The topological polar surface area (TPSA) is 86.9 Å². The van der Waals surface area contributed by atoms with Gasteiger partial charge in [-0.2, -0.15) is 5.10 Å². The van der Waals surface area contributed by atoms with E-state index < -0.39 is 11.8 Å². The van der Waals surface area contributed by atoms with Crippen LogP contribution in [0.3, 0.4) is 0 Å². The van der Waals surface area contributed by atoms with Gasteiger partial charge in [0.25, 0.3) is 11.8 Å². The maximum absolute atomic E-state index is 12.6. The molecule has 1 heterocycles. The van der Waals surface area contributed by atoms with E-state index in [1.807, 2.05) is 69.3 Å². The van der Waals surface area contributed by atoms with Crippen molar-refractivity contribution in [3.05, 3.63) is 101 Å². The summed E-state index contributed by atoms with van der Waals surface area (Å²) in [6.07, 6.45) is 0. The lowest BCUT2D eigenvalue weighted by atomic mass is 10.0. The van der Waals surface area contributed by atoms with Gasteiger partial charge < -0.3 is 0 Å². The van der Waals surface area contributed by atoms with E-state index in [9.17, 15) is 9.59 Å². The Morgan fingerprint density at radius 1 is 0.719 bits per heavy atom. The maximum Gasteiger partial charge on any atom is 0.287 e. The van der Waals surface area contributed by atoms with Gasteiger partial charge in [-0.05, 0) is 67.3 Å². The van der Waals surface area contributed by atoms with Gasteiger partial charge in [0.1, 0.15) is 5.69 Å². The number of carbonyl (C=O) groups excluding carboxylic acids is 2. The fourth-order valence-electron chi connectivity index (χ4n) is 3.40. The van der Waals surface area contributed by atoms with E-state index in [2.05, 4.69) is 27.1 Å². The Kier molecular flexibility index (Phi) is 5.85. The van der Waals surface area contributed by atoms with E-state index in [-0.39, 0.29) is 5.69 Å². The Morgan fingerprint density at radius 2 is 1.44 bits per heavy atom. The minimum atomic E-state index is -0.476. The zero-order valence-electron chi connectivity index (χ0n) is 18.2. The normalized spacial score (nSPS) is 10.6. The van der Waals surface area contributed by atoms with Gasteiger partial charge in [0.05, 0.1) is 5.69 Å². The number of aryl methyl sites for hydroxylation is 3. The number of carbonyl (C=O) groups is 2. The van der Waals surface area contributed by atoms with Crippen molar-refractivity contribution in [3.63, 3.8) is 0 Å². The third-order valence-corrected chi connectivity index (χ3v) is 5.39. The number of rotatable bonds is 4. The highest BCUT2D eigenvalue weighted by atomic mass is 16.2. The lowest BCUT2D eigenvalue weighted by Crippen LogP contribution is -2.41. The number of aromatic nitrogens is 2. The van der Waals surface area contributed by atoms with Crippen LogP contribution in [0.25, 0.3) is 22.4 Å². The average Bonchev–Trinajstić information content (AvgIpc) is 3.29. The number of hydrazine groups is 1. The van der Waals surface area contributed by atoms with Gasteiger partial charge in [0.2, 0.25) is 0 Å². The molecular weight excluding hydrogens is 400 g/mol. The highest BCUT2D eigenvalue weighted by Gasteiger charge is 2.13. The summed E-state index contributed by atoms with van der Waals surface area (Å²) >= 11 is 0. The van der Waals surface area contributed by atoms with E-state index in [0.29, 0.717) is 11.3 Å². The quantitative estimate of drug-likeness (QED) is 0.414. The Labute approximate surface area is 186 Å². The molecule has 0 fully saturated rings. The highest BCUT2D eigenvalue weighted by molar-refractivity contribution is 5.99. The molecule has 32 heavy (non-hydrogen) atoms. The second kappa shape index (κ2) is 8.89. The van der Waals surface area contributed by atoms with Crippen LogP contribution in [0.15, 0.2) is 72.8 Å². The molecule has 0 aliphatic heterocycles. The van der Waals surface area contributed by atoms with Crippen LogP contribution in [0.5, 0.6) is 0 Å². The molecule has 0 radical (unpaired) electrons. The van der Waals surface area contributed by atoms with Crippen molar-refractivity contribution in [3.8, 4) is 22.4 Å². The van der Waals surface area contributed by atoms with Crippen LogP contribution in [-0.2, 0) is 0 Å². The molecule has 6 nitrogen and oxygen atoms in total. The minimum absolute atomic E-state index is 0.257. The van der Waals surface area contributed by atoms with Crippen molar-refractivity contribution in [2.75, 3.05) is 0 Å². The first kappa shape index (κ1) is 21.1. The first-order valence-electron chi connectivity index (χ1n) is 10.3. The molecule has 0 aliphatic carbocycles. The first-order valence-corrected chi connectivity index (χ1v) is 10.3. The number of benzene rings is 3. The van der Waals surface area contributed by atoms with Gasteiger partial charge in [-0.1, -0.05) is 54.1 Å². The van der Waals surface area contributed by atoms with Crippen molar-refractivity contribution in [2.24, 2.45) is 0 Å². The van der Waals surface area contributed by atoms with E-state index >= 15 is 0 Å². The third-order valence-electron chi connectivity index (χ3n) is 5.39. The smallest absolute Gasteiger partial charge is 0.272 e. The van der Waals surface area contributed by atoms with Gasteiger partial charge in [-0.3, -0.25) is 25.5 Å². The van der Waals surface area contributed by atoms with Crippen LogP contribution < -0.4 is 10.9 Å². The van der Waals surface area contributed by atoms with E-state index in [1.165, 1.54) is 5.56 Å². The van der Waals surface area contributed by atoms with E-state index in [1.54, 1.807) is 18.2 Å². The van der Waals surface area contributed by atoms with Gasteiger partial charge in [0.15, 0.2) is 0 Å². The molecule has 160 valence electrons. The summed E-state index contributed by atoms with van der Waals surface area (Å²) in [6, 6.07) is 23.0. The number of hydrogen-bond acceptors (Lipinski definition) is 3. The summed E-state index contributed by atoms with van der Waals surface area (Å²) < 4.78 is 0. The minimum Gasteiger partial charge on any atom is -0.272 e. The highest BCUT2D eigenvalue weighted by Crippen LogP contribution is 2.22. The summed E-state index contributed by atoms with van der Waals surface area (Å²) in [5, 5.41) is 6.94. The molecule has 0 spiro atoms. The lowest BCUT2D eigenvalue weighted by Gasteiger charge is -2.08. The number of amides is 2. The maximum atomic E-state index is 12.6. The lowest BCUT2D eigenvalue weighted by molar-refractivity contribution is 0.0844. The number of nitrogens with one attached hydrogen (secondary N) is 3. The average molecular weight is 425 g/mol. The fourth-order valence-corrected chi connectivity index (χ4v) is 3.40. The second-order valence-corrected chi connectivity index (χ2v) is 7.82. The number of nitrogens with zero attached hydrogens (tertiary/aromatic N) is 1. The second-order valence-electron chi connectivity index (χ2n) is 7.82. The van der Waals surface area contributed by atoms with Crippen LogP contribution in [0.4, 0.5) is 0 Å². The third kappa shape index (κ3) is 4.59. The largest absolute Gasteiger partial charge is 0.287 e. The summed E-state index contributed by atoms with van der Waals surface area (Å²) in [7, 11) is 0. The van der Waals surface area contributed by atoms with Crippen molar-refractivity contribution < 1.29 is 9.59 Å². The van der Waals surface area contributed by atoms with Crippen molar-refractivity contribution >= 4 is 11.8 Å². The molecule has 4 aromatic rings. The predicted octanol–water partition coefficient (Wildman–Crippen LogP) is 4.74. The molecule has 1 aromatic heterocycles. The van der Waals surface area contributed by atoms with Crippen LogP contribution in [-0.4, -0.2) is 22.0 Å². The summed E-state index contributed by atoms with van der Waals surface area (Å²) in [6.45, 7) is 6.10. The van der Waals surface area contributed by atoms with Crippen LogP contribution in [0.2, 0.25) is 0 Å². The van der Waals surface area contributed by atoms with E-state index in [0.717, 1.165) is 27.8 Å². The molecule has 2 amide bonds. The fraction of sp³-hybridized carbons (Fsp3) is 0.115. The number of aromatic amines is 1. The molecule has 6 heteroatoms. The van der Waals surface area contributed by atoms with Gasteiger partial charge in [-0.15, -0.1) is 0 Å². The standard InChI is InChI=1S/C26H24N4O2/c1-16-6-4-7-19(12-16)20-8-5-9-22(14-20)25(31)29-30-26(32)24-15-23(27-28-24)21-11-10-17(2)18(3)13-21/h4-15H,1-3H3,(H,27,28)(H,29,31)(H,30,32). The van der Waals surface area contributed by atoms with Crippen molar-refractivity contribution in [2.45, 2.75) is 20.8 Å². The Hall–Kier alpha value is -4.19.